The van der Waals surface area contributed by atoms with Gasteiger partial charge in [0.2, 0.25) is 0 Å². The molecule has 0 amide bonds. The lowest BCUT2D eigenvalue weighted by atomic mass is 10.2. The van der Waals surface area contributed by atoms with E-state index in [9.17, 15) is 4.79 Å². The molecule has 1 rings (SSSR count). The number of hydrogen-bond donors (Lipinski definition) is 0. The number of hydrogen-bond acceptors (Lipinski definition) is 1. The number of aromatic nitrogens is 1. The summed E-state index contributed by atoms with van der Waals surface area (Å²) in [7, 11) is 0. The third kappa shape index (κ3) is 1.71. The number of Topliss-reactive ketones (excluding diaryl/α,β-unsaturated/α-hetero) is 1. The standard InChI is InChI=1S/C9H12INO/c1-6(2)11-5-4-8(7(3)12)9(11)10/h4-6H,1-3H3. The van der Waals surface area contributed by atoms with Crippen LogP contribution in [0.3, 0.4) is 0 Å². The maximum Gasteiger partial charge on any atom is 0.162 e. The number of carbonyl (C=O) groups excluding carboxylic acids is 1. The molecule has 0 aliphatic heterocycles. The van der Waals surface area contributed by atoms with Crippen molar-refractivity contribution < 1.29 is 4.79 Å². The van der Waals surface area contributed by atoms with Crippen LogP contribution in [-0.4, -0.2) is 10.4 Å². The van der Waals surface area contributed by atoms with Gasteiger partial charge in [0, 0.05) is 17.8 Å². The number of rotatable bonds is 2. The molecule has 0 aliphatic carbocycles. The Hall–Kier alpha value is -0.320. The van der Waals surface area contributed by atoms with E-state index in [-0.39, 0.29) is 5.78 Å². The average molecular weight is 277 g/mol. The summed E-state index contributed by atoms with van der Waals surface area (Å²) >= 11 is 2.21. The molecule has 12 heavy (non-hydrogen) atoms. The first-order valence-corrected chi connectivity index (χ1v) is 4.99. The molecule has 0 atom stereocenters. The van der Waals surface area contributed by atoms with Crippen LogP contribution in [0.25, 0.3) is 0 Å². The topological polar surface area (TPSA) is 22.0 Å². The summed E-state index contributed by atoms with van der Waals surface area (Å²) in [6.07, 6.45) is 1.96. The van der Waals surface area contributed by atoms with Gasteiger partial charge in [0.1, 0.15) is 0 Å². The summed E-state index contributed by atoms with van der Waals surface area (Å²) in [5.74, 6) is 0.138. The van der Waals surface area contributed by atoms with Gasteiger partial charge >= 0.3 is 0 Å². The molecule has 1 heterocycles. The second-order valence-electron chi connectivity index (χ2n) is 3.08. The van der Waals surface area contributed by atoms with E-state index >= 15 is 0 Å². The Balaban J connectivity index is 3.13. The molecule has 0 spiro atoms. The minimum Gasteiger partial charge on any atom is -0.340 e. The van der Waals surface area contributed by atoms with E-state index in [0.29, 0.717) is 6.04 Å². The van der Waals surface area contributed by atoms with Crippen LogP contribution in [0.2, 0.25) is 0 Å². The van der Waals surface area contributed by atoms with Crippen LogP contribution in [0, 0.1) is 3.70 Å². The SMILES string of the molecule is CC(=O)c1ccn(C(C)C)c1I. The smallest absolute Gasteiger partial charge is 0.162 e. The molecule has 0 aliphatic rings. The van der Waals surface area contributed by atoms with Gasteiger partial charge in [0.05, 0.1) is 3.70 Å². The Bertz CT molecular complexity index is 301. The fourth-order valence-corrected chi connectivity index (χ4v) is 2.37. The highest BCUT2D eigenvalue weighted by atomic mass is 127. The molecule has 0 saturated carbocycles. The average Bonchev–Trinajstić information content (AvgIpc) is 2.30. The summed E-state index contributed by atoms with van der Waals surface area (Å²) in [5.41, 5.74) is 0.823. The molecule has 0 fully saturated rings. The van der Waals surface area contributed by atoms with Crippen LogP contribution in [0.15, 0.2) is 12.3 Å². The van der Waals surface area contributed by atoms with Gasteiger partial charge in [-0.25, -0.2) is 0 Å². The van der Waals surface area contributed by atoms with Gasteiger partial charge < -0.3 is 4.57 Å². The van der Waals surface area contributed by atoms with Crippen molar-refractivity contribution in [2.24, 2.45) is 0 Å². The quantitative estimate of drug-likeness (QED) is 0.602. The number of carbonyl (C=O) groups is 1. The molecule has 3 heteroatoms. The predicted molar refractivity (Wildman–Crippen MR) is 57.5 cm³/mol. The fraction of sp³-hybridized carbons (Fsp3) is 0.444. The molecule has 2 nitrogen and oxygen atoms in total. The van der Waals surface area contributed by atoms with Crippen LogP contribution < -0.4 is 0 Å². The normalized spacial score (nSPS) is 10.8. The monoisotopic (exact) mass is 277 g/mol. The predicted octanol–water partition coefficient (Wildman–Crippen LogP) is 2.88. The van der Waals surface area contributed by atoms with Crippen molar-refractivity contribution in [3.05, 3.63) is 21.5 Å². The minimum absolute atomic E-state index is 0.138. The zero-order valence-corrected chi connectivity index (χ0v) is 9.62. The lowest BCUT2D eigenvalue weighted by Crippen LogP contribution is -2.03. The molecule has 0 N–H and O–H groups in total. The number of ketones is 1. The summed E-state index contributed by atoms with van der Waals surface area (Å²) in [6, 6.07) is 2.30. The maximum absolute atomic E-state index is 11.1. The largest absolute Gasteiger partial charge is 0.340 e. The zero-order chi connectivity index (χ0) is 9.30. The van der Waals surface area contributed by atoms with E-state index in [1.807, 2.05) is 12.3 Å². The number of halogens is 1. The van der Waals surface area contributed by atoms with Gasteiger partial charge in [-0.1, -0.05) is 0 Å². The van der Waals surface area contributed by atoms with Crippen LogP contribution in [0.5, 0.6) is 0 Å². The van der Waals surface area contributed by atoms with Gasteiger partial charge in [0.25, 0.3) is 0 Å². The van der Waals surface area contributed by atoms with Gasteiger partial charge in [-0.05, 0) is 49.4 Å². The van der Waals surface area contributed by atoms with Crippen molar-refractivity contribution in [3.8, 4) is 0 Å². The van der Waals surface area contributed by atoms with E-state index in [1.165, 1.54) is 0 Å². The van der Waals surface area contributed by atoms with E-state index < -0.39 is 0 Å². The molecular formula is C9H12INO. The number of nitrogens with zero attached hydrogens (tertiary/aromatic N) is 1. The summed E-state index contributed by atoms with van der Waals surface area (Å²) < 4.78 is 3.13. The summed E-state index contributed by atoms with van der Waals surface area (Å²) in [6.45, 7) is 5.81. The lowest BCUT2D eigenvalue weighted by Gasteiger charge is -2.08. The molecule has 0 bridgehead atoms. The summed E-state index contributed by atoms with van der Waals surface area (Å²) in [4.78, 5) is 11.1. The van der Waals surface area contributed by atoms with Gasteiger partial charge in [-0.15, -0.1) is 0 Å². The second-order valence-corrected chi connectivity index (χ2v) is 4.10. The van der Waals surface area contributed by atoms with E-state index in [1.54, 1.807) is 6.92 Å². The van der Waals surface area contributed by atoms with Crippen molar-refractivity contribution in [2.45, 2.75) is 26.8 Å². The highest BCUT2D eigenvalue weighted by molar-refractivity contribution is 14.1. The third-order valence-electron chi connectivity index (χ3n) is 1.79. The zero-order valence-electron chi connectivity index (χ0n) is 7.47. The molecule has 0 unspecified atom stereocenters. The molecular weight excluding hydrogens is 265 g/mol. The first kappa shape index (κ1) is 9.77. The van der Waals surface area contributed by atoms with Gasteiger partial charge in [-0.2, -0.15) is 0 Å². The van der Waals surface area contributed by atoms with E-state index in [2.05, 4.69) is 41.0 Å². The van der Waals surface area contributed by atoms with E-state index in [0.717, 1.165) is 9.26 Å². The van der Waals surface area contributed by atoms with Crippen molar-refractivity contribution in [3.63, 3.8) is 0 Å². The maximum atomic E-state index is 11.1. The Morgan fingerprint density at radius 1 is 1.58 bits per heavy atom. The molecule has 0 aromatic carbocycles. The van der Waals surface area contributed by atoms with Crippen LogP contribution in [0.1, 0.15) is 37.2 Å². The lowest BCUT2D eigenvalue weighted by molar-refractivity contribution is 0.101. The van der Waals surface area contributed by atoms with Gasteiger partial charge in [0.15, 0.2) is 5.78 Å². The van der Waals surface area contributed by atoms with Crippen LogP contribution >= 0.6 is 22.6 Å². The third-order valence-corrected chi connectivity index (χ3v) is 2.92. The van der Waals surface area contributed by atoms with Crippen molar-refractivity contribution >= 4 is 28.4 Å². The summed E-state index contributed by atoms with van der Waals surface area (Å²) in [5, 5.41) is 0. The minimum atomic E-state index is 0.138. The Morgan fingerprint density at radius 2 is 2.17 bits per heavy atom. The van der Waals surface area contributed by atoms with Crippen LogP contribution in [0.4, 0.5) is 0 Å². The first-order chi connectivity index (χ1) is 5.54. The second kappa shape index (κ2) is 3.60. The molecule has 1 aromatic rings. The Morgan fingerprint density at radius 3 is 2.42 bits per heavy atom. The van der Waals surface area contributed by atoms with Crippen molar-refractivity contribution in [1.82, 2.24) is 4.57 Å². The first-order valence-electron chi connectivity index (χ1n) is 3.91. The Labute approximate surface area is 86.1 Å². The Kier molecular flexibility index (Phi) is 2.93. The van der Waals surface area contributed by atoms with Crippen molar-refractivity contribution in [2.75, 3.05) is 0 Å². The van der Waals surface area contributed by atoms with Crippen molar-refractivity contribution in [1.29, 1.82) is 0 Å². The van der Waals surface area contributed by atoms with E-state index in [4.69, 9.17) is 0 Å². The highest BCUT2D eigenvalue weighted by Crippen LogP contribution is 2.18. The molecule has 1 aromatic heterocycles. The van der Waals surface area contributed by atoms with Crippen LogP contribution in [-0.2, 0) is 0 Å². The molecule has 66 valence electrons. The fourth-order valence-electron chi connectivity index (χ4n) is 1.09. The highest BCUT2D eigenvalue weighted by Gasteiger charge is 2.10. The molecule has 0 saturated heterocycles. The van der Waals surface area contributed by atoms with Gasteiger partial charge in [-0.3, -0.25) is 4.79 Å². The molecule has 0 radical (unpaired) electrons.